The van der Waals surface area contributed by atoms with Crippen molar-refractivity contribution in [3.05, 3.63) is 89.7 Å². The lowest BCUT2D eigenvalue weighted by molar-refractivity contribution is -0.137. The lowest BCUT2D eigenvalue weighted by atomic mass is 9.83. The van der Waals surface area contributed by atoms with Crippen LogP contribution in [-0.4, -0.2) is 68.1 Å². The largest absolute Gasteiger partial charge is 0.497 e. The van der Waals surface area contributed by atoms with E-state index in [1.54, 1.807) is 30.2 Å². The van der Waals surface area contributed by atoms with Crippen molar-refractivity contribution in [2.24, 2.45) is 5.92 Å². The molecule has 3 amide bonds. The molecule has 2 fully saturated rings. The summed E-state index contributed by atoms with van der Waals surface area (Å²) in [7, 11) is 1.59. The molecule has 3 aromatic carbocycles. The Hall–Kier alpha value is -4.07. The van der Waals surface area contributed by atoms with E-state index in [2.05, 4.69) is 30.4 Å². The molecule has 0 saturated carbocycles. The predicted molar refractivity (Wildman–Crippen MR) is 151 cm³/mol. The smallest absolute Gasteiger partial charge is 0.321 e. The van der Waals surface area contributed by atoms with Crippen molar-refractivity contribution in [3.63, 3.8) is 0 Å². The first-order valence-corrected chi connectivity index (χ1v) is 13.5. The number of hydrogen-bond donors (Lipinski definition) is 1. The van der Waals surface area contributed by atoms with Crippen molar-refractivity contribution in [1.82, 2.24) is 9.80 Å². The van der Waals surface area contributed by atoms with Gasteiger partial charge in [-0.3, -0.25) is 4.79 Å². The van der Waals surface area contributed by atoms with E-state index in [-0.39, 0.29) is 29.6 Å². The number of nitrogens with zero attached hydrogens (tertiary/aromatic N) is 3. The van der Waals surface area contributed by atoms with Crippen LogP contribution in [0.5, 0.6) is 5.75 Å². The zero-order chi connectivity index (χ0) is 27.4. The highest BCUT2D eigenvalue weighted by atomic mass is 19.1. The van der Waals surface area contributed by atoms with E-state index in [4.69, 9.17) is 4.74 Å². The van der Waals surface area contributed by atoms with Gasteiger partial charge in [0.15, 0.2) is 0 Å². The zero-order valence-corrected chi connectivity index (χ0v) is 22.5. The van der Waals surface area contributed by atoms with Crippen molar-refractivity contribution in [3.8, 4) is 5.75 Å². The summed E-state index contributed by atoms with van der Waals surface area (Å²) in [6.07, 6.45) is 0.679. The number of anilines is 2. The molecule has 0 aliphatic carbocycles. The van der Waals surface area contributed by atoms with Crippen LogP contribution in [0.4, 0.5) is 20.6 Å². The van der Waals surface area contributed by atoms with E-state index in [9.17, 15) is 14.0 Å². The molecule has 7 nitrogen and oxygen atoms in total. The highest BCUT2D eigenvalue weighted by molar-refractivity contribution is 5.90. The average Bonchev–Trinajstić information content (AvgIpc) is 2.97. The number of rotatable bonds is 5. The third-order valence-electron chi connectivity index (χ3n) is 7.71. The first-order valence-electron chi connectivity index (χ1n) is 13.5. The van der Waals surface area contributed by atoms with Crippen LogP contribution >= 0.6 is 0 Å². The molecule has 2 aliphatic rings. The van der Waals surface area contributed by atoms with E-state index in [0.29, 0.717) is 62.8 Å². The Morgan fingerprint density at radius 2 is 1.67 bits per heavy atom. The van der Waals surface area contributed by atoms with E-state index in [1.165, 1.54) is 6.07 Å². The van der Waals surface area contributed by atoms with Gasteiger partial charge in [-0.15, -0.1) is 0 Å². The first-order chi connectivity index (χ1) is 18.9. The van der Waals surface area contributed by atoms with Crippen LogP contribution < -0.4 is 15.0 Å². The Labute approximate surface area is 229 Å². The maximum atomic E-state index is 14.3. The molecule has 0 bridgehead atoms. The van der Waals surface area contributed by atoms with Gasteiger partial charge in [-0.1, -0.05) is 48.0 Å². The number of benzene rings is 3. The fourth-order valence-corrected chi connectivity index (χ4v) is 5.65. The number of urea groups is 1. The van der Waals surface area contributed by atoms with Gasteiger partial charge >= 0.3 is 6.03 Å². The lowest BCUT2D eigenvalue weighted by Gasteiger charge is -2.41. The molecule has 204 valence electrons. The van der Waals surface area contributed by atoms with Crippen LogP contribution in [0.3, 0.4) is 0 Å². The maximum Gasteiger partial charge on any atom is 0.321 e. The fraction of sp³-hybridized carbons (Fsp3) is 0.355. The number of ether oxygens (including phenoxy) is 1. The molecule has 1 N–H and O–H groups in total. The summed E-state index contributed by atoms with van der Waals surface area (Å²) < 4.78 is 19.6. The van der Waals surface area contributed by atoms with Crippen LogP contribution in [0.25, 0.3) is 0 Å². The predicted octanol–water partition coefficient (Wildman–Crippen LogP) is 5.13. The molecule has 2 saturated heterocycles. The molecule has 2 atom stereocenters. The minimum absolute atomic E-state index is 0.0448. The summed E-state index contributed by atoms with van der Waals surface area (Å²) >= 11 is 0. The number of piperidine rings is 1. The van der Waals surface area contributed by atoms with Crippen molar-refractivity contribution >= 4 is 23.3 Å². The molecular weight excluding hydrogens is 495 g/mol. The quantitative estimate of drug-likeness (QED) is 0.497. The molecule has 2 aliphatic heterocycles. The molecule has 3 aromatic rings. The summed E-state index contributed by atoms with van der Waals surface area (Å²) in [4.78, 5) is 32.8. The minimum atomic E-state index is -0.319. The van der Waals surface area contributed by atoms with Gasteiger partial charge < -0.3 is 24.8 Å². The third-order valence-corrected chi connectivity index (χ3v) is 7.71. The van der Waals surface area contributed by atoms with Gasteiger partial charge in [-0.2, -0.15) is 0 Å². The summed E-state index contributed by atoms with van der Waals surface area (Å²) in [6, 6.07) is 22.1. The van der Waals surface area contributed by atoms with E-state index >= 15 is 0 Å². The van der Waals surface area contributed by atoms with Crippen LogP contribution in [0.15, 0.2) is 72.8 Å². The zero-order valence-electron chi connectivity index (χ0n) is 22.5. The molecule has 2 heterocycles. The van der Waals surface area contributed by atoms with Gasteiger partial charge in [0.2, 0.25) is 5.91 Å². The van der Waals surface area contributed by atoms with Crippen LogP contribution in [0, 0.1) is 18.7 Å². The fourth-order valence-electron chi connectivity index (χ4n) is 5.65. The minimum Gasteiger partial charge on any atom is -0.497 e. The van der Waals surface area contributed by atoms with Gasteiger partial charge in [0.05, 0.1) is 18.7 Å². The standard InChI is InChI=1S/C31H35FN4O3/c1-22-7-5-8-23(17-22)24-18-25(21-36(20-24)31(38)33-26-9-6-10-27(19-26)39-2)30(37)35-15-13-34(14-16-35)29-12-4-3-11-28(29)32/h3-12,17,19,24-25H,13-16,18,20-21H2,1-2H3,(H,33,38). The molecule has 39 heavy (non-hydrogen) atoms. The number of hydrogen-bond acceptors (Lipinski definition) is 4. The number of amides is 3. The third kappa shape index (κ3) is 6.16. The second-order valence-corrected chi connectivity index (χ2v) is 10.4. The second kappa shape index (κ2) is 11.8. The van der Waals surface area contributed by atoms with Crippen LogP contribution in [-0.2, 0) is 4.79 Å². The number of aryl methyl sites for hydroxylation is 1. The number of para-hydroxylation sites is 1. The highest BCUT2D eigenvalue weighted by Crippen LogP contribution is 2.33. The van der Waals surface area contributed by atoms with Crippen molar-refractivity contribution in [2.45, 2.75) is 19.3 Å². The number of methoxy groups -OCH3 is 1. The Balaban J connectivity index is 1.31. The van der Waals surface area contributed by atoms with Gasteiger partial charge in [0.1, 0.15) is 11.6 Å². The first kappa shape index (κ1) is 26.5. The monoisotopic (exact) mass is 530 g/mol. The summed E-state index contributed by atoms with van der Waals surface area (Å²) in [5, 5.41) is 2.98. The highest BCUT2D eigenvalue weighted by Gasteiger charge is 2.37. The van der Waals surface area contributed by atoms with Crippen LogP contribution in [0.2, 0.25) is 0 Å². The molecule has 0 aromatic heterocycles. The maximum absolute atomic E-state index is 14.3. The Morgan fingerprint density at radius 1 is 0.897 bits per heavy atom. The van der Waals surface area contributed by atoms with Crippen molar-refractivity contribution in [1.29, 1.82) is 0 Å². The number of halogens is 1. The van der Waals surface area contributed by atoms with E-state index in [1.807, 2.05) is 40.1 Å². The Kier molecular flexibility index (Phi) is 8.00. The van der Waals surface area contributed by atoms with Crippen molar-refractivity contribution < 1.29 is 18.7 Å². The second-order valence-electron chi connectivity index (χ2n) is 10.4. The van der Waals surface area contributed by atoms with Gasteiger partial charge in [-0.05, 0) is 43.2 Å². The van der Waals surface area contributed by atoms with Gasteiger partial charge in [0.25, 0.3) is 0 Å². The van der Waals surface area contributed by atoms with E-state index in [0.717, 1.165) is 11.1 Å². The molecule has 5 rings (SSSR count). The number of carbonyl (C=O) groups excluding carboxylic acids is 2. The molecular formula is C31H35FN4O3. The number of piperazine rings is 1. The number of nitrogens with one attached hydrogen (secondary N) is 1. The molecule has 0 spiro atoms. The number of likely N-dealkylation sites (tertiary alicyclic amines) is 1. The van der Waals surface area contributed by atoms with Crippen molar-refractivity contribution in [2.75, 3.05) is 56.6 Å². The Bertz CT molecular complexity index is 1320. The SMILES string of the molecule is COc1cccc(NC(=O)N2CC(C(=O)N3CCN(c4ccccc4F)CC3)CC(c3cccc(C)c3)C2)c1. The summed E-state index contributed by atoms with van der Waals surface area (Å²) in [5.41, 5.74) is 3.50. The summed E-state index contributed by atoms with van der Waals surface area (Å²) in [6.45, 7) is 5.12. The molecule has 8 heteroatoms. The van der Waals surface area contributed by atoms with E-state index < -0.39 is 0 Å². The Morgan fingerprint density at radius 3 is 2.41 bits per heavy atom. The topological polar surface area (TPSA) is 65.1 Å². The average molecular weight is 531 g/mol. The van der Waals surface area contributed by atoms with Gasteiger partial charge in [-0.25, -0.2) is 9.18 Å². The molecule has 2 unspecified atom stereocenters. The van der Waals surface area contributed by atoms with Crippen LogP contribution in [0.1, 0.15) is 23.5 Å². The number of carbonyl (C=O) groups is 2. The summed E-state index contributed by atoms with van der Waals surface area (Å²) in [5.74, 6) is 0.193. The van der Waals surface area contributed by atoms with Gasteiger partial charge in [0, 0.05) is 56.9 Å². The normalized spacial score (nSPS) is 19.5. The lowest BCUT2D eigenvalue weighted by Crippen LogP contribution is -2.54. The molecule has 0 radical (unpaired) electrons.